The van der Waals surface area contributed by atoms with Gasteiger partial charge in [0.25, 0.3) is 0 Å². The van der Waals surface area contributed by atoms with E-state index in [0.717, 1.165) is 0 Å². The normalized spacial score (nSPS) is 7.33. The number of carbonyl (C=O) groups excluding carboxylic acids is 2. The van der Waals surface area contributed by atoms with Gasteiger partial charge in [-0.1, -0.05) is 0 Å². The van der Waals surface area contributed by atoms with Crippen LogP contribution in [0.4, 0.5) is 0 Å². The molecular weight excluding hydrogens is 216 g/mol. The molecule has 0 aliphatic carbocycles. The van der Waals surface area contributed by atoms with Crippen LogP contribution >= 0.6 is 0 Å². The summed E-state index contributed by atoms with van der Waals surface area (Å²) in [6, 6.07) is 0. The van der Waals surface area contributed by atoms with Gasteiger partial charge >= 0.3 is 28.3 Å². The average molecular weight is 224 g/mol. The number of hydrogen-bond acceptors (Lipinski definition) is 3. The first-order chi connectivity index (χ1) is 3.66. The van der Waals surface area contributed by atoms with E-state index in [9.17, 15) is 9.59 Å². The smallest absolute Gasteiger partial charge is 0.469 e. The summed E-state index contributed by atoms with van der Waals surface area (Å²) in [6.07, 6.45) is -0.115. The molecular formula is C5H8AgO3+. The number of ketones is 1. The summed E-state index contributed by atoms with van der Waals surface area (Å²) >= 11 is 0. The summed E-state index contributed by atoms with van der Waals surface area (Å²) in [5, 5.41) is 0. The van der Waals surface area contributed by atoms with Crippen LogP contribution in [-0.2, 0) is 36.7 Å². The van der Waals surface area contributed by atoms with Gasteiger partial charge in [-0.2, -0.15) is 0 Å². The van der Waals surface area contributed by atoms with E-state index in [1.165, 1.54) is 14.0 Å². The fourth-order valence-corrected chi connectivity index (χ4v) is 0.275. The Bertz CT molecular complexity index is 111. The SMILES string of the molecule is COC(=O)CC(C)=O.[Ag+]. The van der Waals surface area contributed by atoms with Crippen molar-refractivity contribution >= 4 is 11.8 Å². The topological polar surface area (TPSA) is 43.4 Å². The number of esters is 1. The Morgan fingerprint density at radius 3 is 2.00 bits per heavy atom. The van der Waals surface area contributed by atoms with E-state index in [1.807, 2.05) is 0 Å². The summed E-state index contributed by atoms with van der Waals surface area (Å²) in [7, 11) is 1.26. The molecule has 0 fully saturated rings. The van der Waals surface area contributed by atoms with Gasteiger partial charge in [-0.05, 0) is 6.92 Å². The molecule has 0 spiro atoms. The molecule has 9 heavy (non-hydrogen) atoms. The van der Waals surface area contributed by atoms with Crippen molar-refractivity contribution in [1.82, 2.24) is 0 Å². The summed E-state index contributed by atoms with van der Waals surface area (Å²) in [6.45, 7) is 1.34. The molecule has 0 radical (unpaired) electrons. The molecule has 0 heterocycles. The van der Waals surface area contributed by atoms with Gasteiger partial charge in [0.1, 0.15) is 12.2 Å². The van der Waals surface area contributed by atoms with Crippen molar-refractivity contribution in [3.63, 3.8) is 0 Å². The van der Waals surface area contributed by atoms with Gasteiger partial charge in [-0.25, -0.2) is 0 Å². The molecule has 0 amide bonds. The second kappa shape index (κ2) is 6.01. The minimum Gasteiger partial charge on any atom is -0.469 e. The van der Waals surface area contributed by atoms with Crippen LogP contribution in [0.5, 0.6) is 0 Å². The van der Waals surface area contributed by atoms with Crippen LogP contribution in [0, 0.1) is 0 Å². The predicted octanol–water partition coefficient (Wildman–Crippen LogP) is 0.136. The fraction of sp³-hybridized carbons (Fsp3) is 0.600. The number of carbonyl (C=O) groups is 2. The summed E-state index contributed by atoms with van der Waals surface area (Å²) in [4.78, 5) is 20.3. The quantitative estimate of drug-likeness (QED) is 0.380. The number of hydrogen-bond donors (Lipinski definition) is 0. The van der Waals surface area contributed by atoms with Gasteiger partial charge in [0.15, 0.2) is 0 Å². The van der Waals surface area contributed by atoms with E-state index < -0.39 is 5.97 Å². The van der Waals surface area contributed by atoms with Gasteiger partial charge in [0.2, 0.25) is 0 Å². The summed E-state index contributed by atoms with van der Waals surface area (Å²) in [5.74, 6) is -0.644. The molecule has 0 rings (SSSR count). The maximum absolute atomic E-state index is 10.2. The van der Waals surface area contributed by atoms with E-state index in [1.54, 1.807) is 0 Å². The van der Waals surface area contributed by atoms with Crippen molar-refractivity contribution in [1.29, 1.82) is 0 Å². The Kier molecular flexibility index (Phi) is 7.78. The van der Waals surface area contributed by atoms with Crippen LogP contribution in [0.3, 0.4) is 0 Å². The Morgan fingerprint density at radius 2 is 1.89 bits per heavy atom. The second-order valence-electron chi connectivity index (χ2n) is 1.45. The van der Waals surface area contributed by atoms with Gasteiger partial charge in [-0.15, -0.1) is 0 Å². The maximum Gasteiger partial charge on any atom is 1.00 e. The van der Waals surface area contributed by atoms with Gasteiger partial charge < -0.3 is 4.74 Å². The number of Topliss-reactive ketones (excluding diaryl/α,β-unsaturated/α-hetero) is 1. The van der Waals surface area contributed by atoms with Crippen LogP contribution in [0.25, 0.3) is 0 Å². The molecule has 0 saturated heterocycles. The van der Waals surface area contributed by atoms with Crippen LogP contribution in [0.1, 0.15) is 13.3 Å². The van der Waals surface area contributed by atoms with Crippen molar-refractivity contribution in [2.75, 3.05) is 7.11 Å². The molecule has 0 unspecified atom stereocenters. The summed E-state index contributed by atoms with van der Waals surface area (Å²) < 4.78 is 4.20. The Morgan fingerprint density at radius 1 is 1.44 bits per heavy atom. The minimum atomic E-state index is -0.475. The number of methoxy groups -OCH3 is 1. The number of ether oxygens (including phenoxy) is 1. The molecule has 0 aliphatic heterocycles. The largest absolute Gasteiger partial charge is 1.00 e. The molecule has 0 aromatic rings. The zero-order valence-corrected chi connectivity index (χ0v) is 6.72. The third-order valence-electron chi connectivity index (χ3n) is 0.621. The van der Waals surface area contributed by atoms with Gasteiger partial charge in [0, 0.05) is 0 Å². The van der Waals surface area contributed by atoms with Crippen LogP contribution < -0.4 is 0 Å². The zero-order valence-electron chi connectivity index (χ0n) is 5.23. The third-order valence-corrected chi connectivity index (χ3v) is 0.621. The van der Waals surface area contributed by atoms with E-state index in [-0.39, 0.29) is 34.6 Å². The van der Waals surface area contributed by atoms with Crippen LogP contribution in [0.2, 0.25) is 0 Å². The molecule has 0 aliphatic rings. The average Bonchev–Trinajstić information content (AvgIpc) is 1.65. The third kappa shape index (κ3) is 7.88. The van der Waals surface area contributed by atoms with Crippen molar-refractivity contribution in [2.24, 2.45) is 0 Å². The van der Waals surface area contributed by atoms with E-state index in [4.69, 9.17) is 0 Å². The standard InChI is InChI=1S/C5H8O3.Ag/c1-4(6)3-5(7)8-2;/h3H2,1-2H3;/q;+1. The molecule has 4 heteroatoms. The first kappa shape index (κ1) is 11.6. The molecule has 0 bridgehead atoms. The fourth-order valence-electron chi connectivity index (χ4n) is 0.275. The van der Waals surface area contributed by atoms with Gasteiger partial charge in [0.05, 0.1) is 7.11 Å². The second-order valence-corrected chi connectivity index (χ2v) is 1.45. The molecule has 0 atom stereocenters. The Balaban J connectivity index is 0. The molecule has 0 N–H and O–H groups in total. The molecule has 0 aromatic carbocycles. The van der Waals surface area contributed by atoms with Crippen molar-refractivity contribution < 1.29 is 36.7 Å². The molecule has 3 nitrogen and oxygen atoms in total. The van der Waals surface area contributed by atoms with E-state index >= 15 is 0 Å². The number of rotatable bonds is 2. The minimum absolute atomic E-state index is 0. The monoisotopic (exact) mass is 223 g/mol. The molecule has 56 valence electrons. The first-order valence-electron chi connectivity index (χ1n) is 2.23. The predicted molar refractivity (Wildman–Crippen MR) is 27.3 cm³/mol. The van der Waals surface area contributed by atoms with Crippen molar-refractivity contribution in [2.45, 2.75) is 13.3 Å². The molecule has 0 aromatic heterocycles. The van der Waals surface area contributed by atoms with Crippen molar-refractivity contribution in [3.8, 4) is 0 Å². The van der Waals surface area contributed by atoms with Crippen LogP contribution in [-0.4, -0.2) is 18.9 Å². The Labute approximate surface area is 69.3 Å². The first-order valence-corrected chi connectivity index (χ1v) is 2.23. The van der Waals surface area contributed by atoms with Crippen molar-refractivity contribution in [3.05, 3.63) is 0 Å². The zero-order chi connectivity index (χ0) is 6.57. The Hall–Kier alpha value is -0.120. The van der Waals surface area contributed by atoms with E-state index in [2.05, 4.69) is 4.74 Å². The van der Waals surface area contributed by atoms with Crippen LogP contribution in [0.15, 0.2) is 0 Å². The van der Waals surface area contributed by atoms with Gasteiger partial charge in [-0.3, -0.25) is 9.59 Å². The maximum atomic E-state index is 10.2. The van der Waals surface area contributed by atoms with E-state index in [0.29, 0.717) is 0 Å². The summed E-state index contributed by atoms with van der Waals surface area (Å²) in [5.41, 5.74) is 0. The molecule has 0 saturated carbocycles.